The van der Waals surface area contributed by atoms with Crippen LogP contribution in [-0.2, 0) is 15.1 Å². The zero-order chi connectivity index (χ0) is 22.4. The molecule has 0 saturated carbocycles. The Hall–Kier alpha value is -2.18. The third-order valence-electron chi connectivity index (χ3n) is 5.52. The first-order valence-electron chi connectivity index (χ1n) is 10.1. The van der Waals surface area contributed by atoms with Gasteiger partial charge in [-0.3, -0.25) is 9.59 Å². The van der Waals surface area contributed by atoms with E-state index in [4.69, 9.17) is 27.9 Å². The molecule has 2 N–H and O–H groups in total. The van der Waals surface area contributed by atoms with Crippen LogP contribution in [0.1, 0.15) is 47.2 Å². The monoisotopic (exact) mass is 462 g/mol. The average Bonchev–Trinajstić information content (AvgIpc) is 2.74. The van der Waals surface area contributed by atoms with Crippen molar-refractivity contribution in [1.29, 1.82) is 0 Å². The molecule has 1 atom stereocenters. The summed E-state index contributed by atoms with van der Waals surface area (Å²) in [5.74, 6) is -2.35. The van der Waals surface area contributed by atoms with Crippen molar-refractivity contribution in [1.82, 2.24) is 0 Å². The van der Waals surface area contributed by atoms with Gasteiger partial charge in [-0.1, -0.05) is 65.7 Å². The molecule has 1 fully saturated rings. The number of carbonyl (C=O) groups excluding carboxylic acids is 1. The van der Waals surface area contributed by atoms with Crippen LogP contribution in [0.2, 0.25) is 10.0 Å². The van der Waals surface area contributed by atoms with Crippen LogP contribution in [-0.4, -0.2) is 35.2 Å². The van der Waals surface area contributed by atoms with E-state index in [9.17, 15) is 19.8 Å². The van der Waals surface area contributed by atoms with E-state index < -0.39 is 23.3 Å². The zero-order valence-corrected chi connectivity index (χ0v) is 18.4. The predicted octanol–water partition coefficient (Wildman–Crippen LogP) is 5.37. The lowest BCUT2D eigenvalue weighted by atomic mass is 9.86. The van der Waals surface area contributed by atoms with Gasteiger partial charge in [-0.25, -0.2) is 0 Å². The molecule has 1 heterocycles. The Kier molecular flexibility index (Phi) is 7.89. The van der Waals surface area contributed by atoms with Crippen LogP contribution in [0.5, 0.6) is 0 Å². The van der Waals surface area contributed by atoms with E-state index in [0.717, 1.165) is 11.1 Å². The van der Waals surface area contributed by atoms with Crippen LogP contribution < -0.4 is 0 Å². The van der Waals surface area contributed by atoms with Gasteiger partial charge in [0.25, 0.3) is 0 Å². The molecule has 1 unspecified atom stereocenters. The van der Waals surface area contributed by atoms with Crippen LogP contribution in [0.3, 0.4) is 0 Å². The normalized spacial score (nSPS) is 16.9. The highest BCUT2D eigenvalue weighted by Crippen LogP contribution is 2.32. The summed E-state index contributed by atoms with van der Waals surface area (Å²) in [6.07, 6.45) is 4.65. The summed E-state index contributed by atoms with van der Waals surface area (Å²) >= 11 is 12.1. The number of carboxylic acid groups (broad SMARTS) is 1. The van der Waals surface area contributed by atoms with Crippen LogP contribution >= 0.6 is 23.2 Å². The van der Waals surface area contributed by atoms with Gasteiger partial charge in [-0.2, -0.15) is 0 Å². The fourth-order valence-electron chi connectivity index (χ4n) is 3.63. The van der Waals surface area contributed by atoms with E-state index in [1.807, 2.05) is 24.3 Å². The van der Waals surface area contributed by atoms with Gasteiger partial charge in [0.15, 0.2) is 5.78 Å². The van der Waals surface area contributed by atoms with Crippen molar-refractivity contribution in [3.05, 3.63) is 75.3 Å². The Morgan fingerprint density at radius 2 is 1.68 bits per heavy atom. The number of aliphatic carboxylic acids is 1. The van der Waals surface area contributed by atoms with Crippen LogP contribution in [0.15, 0.2) is 48.5 Å². The first kappa shape index (κ1) is 23.5. The number of aliphatic hydroxyl groups is 1. The topological polar surface area (TPSA) is 83.8 Å². The molecule has 2 aromatic rings. The number of hydrogen-bond donors (Lipinski definition) is 2. The molecule has 164 valence electrons. The van der Waals surface area contributed by atoms with Gasteiger partial charge >= 0.3 is 5.97 Å². The third kappa shape index (κ3) is 5.95. The van der Waals surface area contributed by atoms with Crippen molar-refractivity contribution in [2.24, 2.45) is 5.92 Å². The van der Waals surface area contributed by atoms with Crippen LogP contribution in [0.25, 0.3) is 6.08 Å². The van der Waals surface area contributed by atoms with E-state index in [1.54, 1.807) is 30.4 Å². The summed E-state index contributed by atoms with van der Waals surface area (Å²) in [6.45, 7) is 1.07. The average molecular weight is 463 g/mol. The Bertz CT molecular complexity index is 942. The van der Waals surface area contributed by atoms with E-state index >= 15 is 0 Å². The molecule has 1 aliphatic heterocycles. The molecule has 0 radical (unpaired) electrons. The highest BCUT2D eigenvalue weighted by atomic mass is 35.5. The number of benzene rings is 2. The largest absolute Gasteiger partial charge is 0.481 e. The molecule has 31 heavy (non-hydrogen) atoms. The van der Waals surface area contributed by atoms with Gasteiger partial charge in [-0.05, 0) is 29.7 Å². The van der Waals surface area contributed by atoms with E-state index in [0.29, 0.717) is 26.1 Å². The number of carbonyl (C=O) groups is 2. The quantitative estimate of drug-likeness (QED) is 0.515. The number of ether oxygens (including phenoxy) is 1. The summed E-state index contributed by atoms with van der Waals surface area (Å²) in [7, 11) is 0. The van der Waals surface area contributed by atoms with Crippen LogP contribution in [0, 0.1) is 5.92 Å². The number of ketones is 1. The number of allylic oxidation sites excluding steroid dienone is 1. The SMILES string of the molecule is O=C(CC(C/C=C/c1ccc(C2(O)CCOCC2)cc1)C(=O)O)c1c(Cl)cccc1Cl. The Morgan fingerprint density at radius 3 is 2.26 bits per heavy atom. The molecule has 3 rings (SSSR count). The standard InChI is InChI=1S/C24H24Cl2O5/c25-19-5-2-6-20(26)22(19)21(27)15-17(23(28)29)4-1-3-16-7-9-18(10-8-16)24(30)11-13-31-14-12-24/h1-3,5-10,17,30H,4,11-15H2,(H,28,29)/b3-1+. The van der Waals surface area contributed by atoms with Crippen molar-refractivity contribution in [2.75, 3.05) is 13.2 Å². The molecule has 1 saturated heterocycles. The summed E-state index contributed by atoms with van der Waals surface area (Å²) in [4.78, 5) is 24.2. The van der Waals surface area contributed by atoms with E-state index in [-0.39, 0.29) is 28.5 Å². The highest BCUT2D eigenvalue weighted by Gasteiger charge is 2.31. The minimum atomic E-state index is -1.06. The summed E-state index contributed by atoms with van der Waals surface area (Å²) in [5.41, 5.74) is 1.01. The molecule has 0 aliphatic carbocycles. The first-order chi connectivity index (χ1) is 14.8. The summed E-state index contributed by atoms with van der Waals surface area (Å²) < 4.78 is 5.32. The van der Waals surface area contributed by atoms with Crippen molar-refractivity contribution < 1.29 is 24.5 Å². The van der Waals surface area contributed by atoms with E-state index in [1.165, 1.54) is 0 Å². The lowest BCUT2D eigenvalue weighted by Gasteiger charge is -2.32. The predicted molar refractivity (Wildman–Crippen MR) is 121 cm³/mol. The maximum Gasteiger partial charge on any atom is 0.307 e. The van der Waals surface area contributed by atoms with Crippen molar-refractivity contribution >= 4 is 41.0 Å². The number of halogens is 2. The number of hydrogen-bond acceptors (Lipinski definition) is 4. The third-order valence-corrected chi connectivity index (χ3v) is 6.15. The molecular formula is C24H24Cl2O5. The van der Waals surface area contributed by atoms with Crippen molar-refractivity contribution in [3.63, 3.8) is 0 Å². The van der Waals surface area contributed by atoms with Crippen molar-refractivity contribution in [3.8, 4) is 0 Å². The van der Waals surface area contributed by atoms with Gasteiger partial charge in [0.1, 0.15) is 0 Å². The maximum atomic E-state index is 12.6. The maximum absolute atomic E-state index is 12.6. The molecule has 2 aromatic carbocycles. The fraction of sp³-hybridized carbons (Fsp3) is 0.333. The second-order valence-electron chi connectivity index (χ2n) is 7.66. The van der Waals surface area contributed by atoms with Gasteiger partial charge in [0.05, 0.1) is 27.1 Å². The lowest BCUT2D eigenvalue weighted by Crippen LogP contribution is -2.33. The molecule has 0 aromatic heterocycles. The Morgan fingerprint density at radius 1 is 1.06 bits per heavy atom. The molecule has 0 bridgehead atoms. The minimum Gasteiger partial charge on any atom is -0.481 e. The molecule has 7 heteroatoms. The summed E-state index contributed by atoms with van der Waals surface area (Å²) in [5, 5.41) is 20.7. The van der Waals surface area contributed by atoms with Gasteiger partial charge < -0.3 is 14.9 Å². The molecular weight excluding hydrogens is 439 g/mol. The van der Waals surface area contributed by atoms with Gasteiger partial charge in [-0.15, -0.1) is 0 Å². The van der Waals surface area contributed by atoms with Crippen molar-refractivity contribution in [2.45, 2.75) is 31.3 Å². The van der Waals surface area contributed by atoms with Gasteiger partial charge in [0.2, 0.25) is 0 Å². The van der Waals surface area contributed by atoms with Crippen LogP contribution in [0.4, 0.5) is 0 Å². The summed E-state index contributed by atoms with van der Waals surface area (Å²) in [6, 6.07) is 12.2. The minimum absolute atomic E-state index is 0.155. The first-order valence-corrected chi connectivity index (χ1v) is 10.8. The Labute approximate surface area is 191 Å². The lowest BCUT2D eigenvalue weighted by molar-refractivity contribution is -0.141. The van der Waals surface area contributed by atoms with E-state index in [2.05, 4.69) is 0 Å². The molecule has 5 nitrogen and oxygen atoms in total. The molecule has 0 amide bonds. The van der Waals surface area contributed by atoms with Gasteiger partial charge in [0, 0.05) is 32.5 Å². The fourth-order valence-corrected chi connectivity index (χ4v) is 4.24. The second kappa shape index (κ2) is 10.4. The smallest absolute Gasteiger partial charge is 0.307 e. The second-order valence-corrected chi connectivity index (χ2v) is 8.48. The molecule has 0 spiro atoms. The zero-order valence-electron chi connectivity index (χ0n) is 16.9. The Balaban J connectivity index is 1.63. The number of carboxylic acids is 1. The number of Topliss-reactive ketones (excluding diaryl/α,β-unsaturated/α-hetero) is 1. The molecule has 1 aliphatic rings. The number of rotatable bonds is 8. The highest BCUT2D eigenvalue weighted by molar-refractivity contribution is 6.39.